The highest BCUT2D eigenvalue weighted by atomic mass is 16.5. The van der Waals surface area contributed by atoms with E-state index in [1.807, 2.05) is 43.3 Å². The summed E-state index contributed by atoms with van der Waals surface area (Å²) in [5.41, 5.74) is 0.833. The minimum absolute atomic E-state index is 0.271. The molecule has 3 aromatic rings. The normalized spacial score (nSPS) is 13.2. The Morgan fingerprint density at radius 1 is 1.15 bits per heavy atom. The number of para-hydroxylation sites is 2. The second-order valence-electron chi connectivity index (χ2n) is 6.35. The lowest BCUT2D eigenvalue weighted by atomic mass is 10.2. The number of aromatic nitrogens is 1. The second kappa shape index (κ2) is 7.53. The molecule has 1 aliphatic rings. The average Bonchev–Trinajstić information content (AvgIpc) is 3.41. The van der Waals surface area contributed by atoms with Gasteiger partial charge in [-0.2, -0.15) is 0 Å². The molecule has 1 aromatic heterocycles. The summed E-state index contributed by atoms with van der Waals surface area (Å²) in [4.78, 5) is 12.5. The SMILES string of the molecule is CCOc1ccc(Oc2ccccc2NC(=O)c2cc(C3CC3)on2)cc1. The summed E-state index contributed by atoms with van der Waals surface area (Å²) < 4.78 is 16.6. The molecule has 1 aliphatic carbocycles. The van der Waals surface area contributed by atoms with Crippen molar-refractivity contribution in [3.05, 3.63) is 66.1 Å². The van der Waals surface area contributed by atoms with Crippen molar-refractivity contribution >= 4 is 11.6 Å². The second-order valence-corrected chi connectivity index (χ2v) is 6.35. The number of carbonyl (C=O) groups excluding carboxylic acids is 1. The van der Waals surface area contributed by atoms with Crippen LogP contribution >= 0.6 is 0 Å². The molecule has 1 fully saturated rings. The van der Waals surface area contributed by atoms with Crippen LogP contribution in [0.2, 0.25) is 0 Å². The number of amides is 1. The molecule has 0 unspecified atom stereocenters. The number of ether oxygens (including phenoxy) is 2. The Morgan fingerprint density at radius 3 is 2.63 bits per heavy atom. The van der Waals surface area contributed by atoms with E-state index in [9.17, 15) is 4.79 Å². The van der Waals surface area contributed by atoms with Gasteiger partial charge in [0.15, 0.2) is 11.4 Å². The summed E-state index contributed by atoms with van der Waals surface area (Å²) in [7, 11) is 0. The molecule has 6 nitrogen and oxygen atoms in total. The van der Waals surface area contributed by atoms with E-state index < -0.39 is 0 Å². The topological polar surface area (TPSA) is 73.6 Å². The summed E-state index contributed by atoms with van der Waals surface area (Å²) in [6, 6.07) is 16.3. The molecule has 1 heterocycles. The third kappa shape index (κ3) is 4.11. The van der Waals surface area contributed by atoms with Crippen molar-refractivity contribution in [3.63, 3.8) is 0 Å². The molecule has 1 amide bonds. The number of benzene rings is 2. The molecule has 4 rings (SSSR count). The van der Waals surface area contributed by atoms with Crippen LogP contribution in [0.4, 0.5) is 5.69 Å². The van der Waals surface area contributed by atoms with Gasteiger partial charge >= 0.3 is 0 Å². The van der Waals surface area contributed by atoms with Crippen LogP contribution in [0.1, 0.15) is 41.9 Å². The molecule has 0 radical (unpaired) electrons. The van der Waals surface area contributed by atoms with Crippen molar-refractivity contribution in [2.75, 3.05) is 11.9 Å². The van der Waals surface area contributed by atoms with Crippen LogP contribution in [0.3, 0.4) is 0 Å². The first kappa shape index (κ1) is 17.1. The van der Waals surface area contributed by atoms with Crippen molar-refractivity contribution in [2.45, 2.75) is 25.7 Å². The van der Waals surface area contributed by atoms with E-state index in [0.29, 0.717) is 29.7 Å². The number of hydrogen-bond acceptors (Lipinski definition) is 5. The standard InChI is InChI=1S/C21H20N2O4/c1-2-25-15-9-11-16(12-10-15)26-19-6-4-3-5-17(19)22-21(24)18-13-20(27-23-18)14-7-8-14/h3-6,9-14H,2,7-8H2,1H3,(H,22,24). The first-order valence-electron chi connectivity index (χ1n) is 9.00. The average molecular weight is 364 g/mol. The van der Waals surface area contributed by atoms with E-state index in [1.165, 1.54) is 0 Å². The minimum atomic E-state index is -0.326. The molecule has 27 heavy (non-hydrogen) atoms. The fourth-order valence-corrected chi connectivity index (χ4v) is 2.70. The van der Waals surface area contributed by atoms with E-state index in [4.69, 9.17) is 14.0 Å². The van der Waals surface area contributed by atoms with Crippen molar-refractivity contribution in [1.82, 2.24) is 5.16 Å². The van der Waals surface area contributed by atoms with Crippen molar-refractivity contribution in [2.24, 2.45) is 0 Å². The first-order valence-corrected chi connectivity index (χ1v) is 9.00. The molecular weight excluding hydrogens is 344 g/mol. The maximum atomic E-state index is 12.5. The maximum Gasteiger partial charge on any atom is 0.277 e. The fraction of sp³-hybridized carbons (Fsp3) is 0.238. The predicted octanol–water partition coefficient (Wildman–Crippen LogP) is 5.00. The zero-order chi connectivity index (χ0) is 18.6. The van der Waals surface area contributed by atoms with Crippen molar-refractivity contribution < 1.29 is 18.8 Å². The van der Waals surface area contributed by atoms with Crippen LogP contribution in [0, 0.1) is 0 Å². The lowest BCUT2D eigenvalue weighted by Gasteiger charge is -2.12. The summed E-state index contributed by atoms with van der Waals surface area (Å²) in [5, 5.41) is 6.71. The largest absolute Gasteiger partial charge is 0.494 e. The molecule has 0 saturated heterocycles. The van der Waals surface area contributed by atoms with Gasteiger partial charge in [0.1, 0.15) is 17.3 Å². The Bertz CT molecular complexity index is 929. The number of carbonyl (C=O) groups is 1. The summed E-state index contributed by atoms with van der Waals surface area (Å²) >= 11 is 0. The summed E-state index contributed by atoms with van der Waals surface area (Å²) in [6.07, 6.45) is 2.18. The van der Waals surface area contributed by atoms with Crippen LogP contribution in [-0.4, -0.2) is 17.7 Å². The van der Waals surface area contributed by atoms with Crippen LogP contribution in [-0.2, 0) is 0 Å². The van der Waals surface area contributed by atoms with E-state index in [1.54, 1.807) is 18.2 Å². The smallest absolute Gasteiger partial charge is 0.277 e. The Labute approximate surface area is 157 Å². The first-order chi connectivity index (χ1) is 13.2. The number of hydrogen-bond donors (Lipinski definition) is 1. The predicted molar refractivity (Wildman–Crippen MR) is 101 cm³/mol. The summed E-state index contributed by atoms with van der Waals surface area (Å²) in [6.45, 7) is 2.55. The number of nitrogens with zero attached hydrogens (tertiary/aromatic N) is 1. The summed E-state index contributed by atoms with van der Waals surface area (Å²) in [5.74, 6) is 2.84. The highest BCUT2D eigenvalue weighted by Crippen LogP contribution is 2.40. The number of anilines is 1. The van der Waals surface area contributed by atoms with Gasteiger partial charge in [-0.05, 0) is 56.2 Å². The van der Waals surface area contributed by atoms with Crippen LogP contribution < -0.4 is 14.8 Å². The Balaban J connectivity index is 1.47. The van der Waals surface area contributed by atoms with Gasteiger partial charge in [0.05, 0.1) is 12.3 Å². The van der Waals surface area contributed by atoms with Gasteiger partial charge in [-0.1, -0.05) is 17.3 Å². The van der Waals surface area contributed by atoms with Gasteiger partial charge in [0.2, 0.25) is 0 Å². The van der Waals surface area contributed by atoms with E-state index >= 15 is 0 Å². The lowest BCUT2D eigenvalue weighted by molar-refractivity contribution is 0.101. The van der Waals surface area contributed by atoms with Gasteiger partial charge < -0.3 is 19.3 Å². The molecule has 6 heteroatoms. The van der Waals surface area contributed by atoms with Crippen molar-refractivity contribution in [3.8, 4) is 17.2 Å². The number of nitrogens with one attached hydrogen (secondary N) is 1. The molecule has 1 N–H and O–H groups in total. The van der Waals surface area contributed by atoms with E-state index in [-0.39, 0.29) is 11.6 Å². The monoisotopic (exact) mass is 364 g/mol. The molecular formula is C21H20N2O4. The van der Waals surface area contributed by atoms with Gasteiger partial charge in [0, 0.05) is 12.0 Å². The Morgan fingerprint density at radius 2 is 1.89 bits per heavy atom. The highest BCUT2D eigenvalue weighted by molar-refractivity contribution is 6.03. The van der Waals surface area contributed by atoms with E-state index in [2.05, 4.69) is 10.5 Å². The Hall–Kier alpha value is -3.28. The zero-order valence-electron chi connectivity index (χ0n) is 15.0. The van der Waals surface area contributed by atoms with E-state index in [0.717, 1.165) is 24.4 Å². The van der Waals surface area contributed by atoms with Crippen LogP contribution in [0.25, 0.3) is 0 Å². The minimum Gasteiger partial charge on any atom is -0.494 e. The van der Waals surface area contributed by atoms with Gasteiger partial charge in [0.25, 0.3) is 5.91 Å². The Kier molecular flexibility index (Phi) is 4.78. The molecule has 0 atom stereocenters. The quantitative estimate of drug-likeness (QED) is 0.639. The molecule has 2 aromatic carbocycles. The molecule has 1 saturated carbocycles. The zero-order valence-corrected chi connectivity index (χ0v) is 15.0. The van der Waals surface area contributed by atoms with Gasteiger partial charge in [-0.25, -0.2) is 0 Å². The number of rotatable bonds is 7. The lowest BCUT2D eigenvalue weighted by Crippen LogP contribution is -2.12. The molecule has 0 aliphatic heterocycles. The van der Waals surface area contributed by atoms with Gasteiger partial charge in [-0.3, -0.25) is 4.79 Å². The maximum absolute atomic E-state index is 12.5. The third-order valence-corrected chi connectivity index (χ3v) is 4.24. The van der Waals surface area contributed by atoms with Crippen molar-refractivity contribution in [1.29, 1.82) is 0 Å². The molecule has 138 valence electrons. The third-order valence-electron chi connectivity index (χ3n) is 4.24. The highest BCUT2D eigenvalue weighted by Gasteiger charge is 2.29. The van der Waals surface area contributed by atoms with Crippen LogP contribution in [0.15, 0.2) is 59.1 Å². The molecule has 0 spiro atoms. The van der Waals surface area contributed by atoms with Crippen LogP contribution in [0.5, 0.6) is 17.2 Å². The molecule has 0 bridgehead atoms. The fourth-order valence-electron chi connectivity index (χ4n) is 2.70. The van der Waals surface area contributed by atoms with Gasteiger partial charge in [-0.15, -0.1) is 0 Å².